The van der Waals surface area contributed by atoms with E-state index in [1.54, 1.807) is 36.4 Å². The van der Waals surface area contributed by atoms with Crippen LogP contribution in [0, 0.1) is 0 Å². The molecular formula is C18H22N2O4S. The summed E-state index contributed by atoms with van der Waals surface area (Å²) < 4.78 is 31.9. The highest BCUT2D eigenvalue weighted by atomic mass is 32.2. The molecule has 2 aromatic carbocycles. The summed E-state index contributed by atoms with van der Waals surface area (Å²) in [5.74, 6) is 0.333. The number of hydrogen-bond acceptors (Lipinski definition) is 4. The molecule has 2 rings (SSSR count). The number of nitrogens with one attached hydrogen (secondary N) is 2. The van der Waals surface area contributed by atoms with Crippen LogP contribution in [-0.4, -0.2) is 27.5 Å². The van der Waals surface area contributed by atoms with E-state index in [1.807, 2.05) is 13.8 Å². The van der Waals surface area contributed by atoms with E-state index in [1.165, 1.54) is 12.1 Å². The van der Waals surface area contributed by atoms with Gasteiger partial charge in [0.05, 0.1) is 11.5 Å². The molecule has 0 unspecified atom stereocenters. The molecule has 7 heteroatoms. The maximum absolute atomic E-state index is 12.3. The van der Waals surface area contributed by atoms with Gasteiger partial charge in [-0.3, -0.25) is 4.79 Å². The molecule has 0 saturated carbocycles. The van der Waals surface area contributed by atoms with Gasteiger partial charge in [-0.1, -0.05) is 13.0 Å². The zero-order valence-corrected chi connectivity index (χ0v) is 15.1. The Bertz CT molecular complexity index is 817. The van der Waals surface area contributed by atoms with Crippen LogP contribution in [0.1, 0.15) is 30.6 Å². The second kappa shape index (κ2) is 8.64. The molecule has 1 amide bonds. The largest absolute Gasteiger partial charge is 0.494 e. The SMILES string of the molecule is CCCNS(=O)(=O)c1ccc(NC(=O)c2cccc(OCC)c2)cc1. The molecule has 0 heterocycles. The third-order valence-electron chi connectivity index (χ3n) is 3.37. The van der Waals surface area contributed by atoms with Crippen molar-refractivity contribution in [3.05, 3.63) is 54.1 Å². The molecular weight excluding hydrogens is 340 g/mol. The van der Waals surface area contributed by atoms with Crippen molar-refractivity contribution in [2.24, 2.45) is 0 Å². The molecule has 2 aromatic rings. The first-order valence-corrected chi connectivity index (χ1v) is 9.58. The first-order valence-electron chi connectivity index (χ1n) is 8.10. The molecule has 0 aliphatic carbocycles. The number of ether oxygens (including phenoxy) is 1. The molecule has 0 spiro atoms. The van der Waals surface area contributed by atoms with Crippen LogP contribution in [0.15, 0.2) is 53.4 Å². The monoisotopic (exact) mass is 362 g/mol. The van der Waals surface area contributed by atoms with Crippen LogP contribution in [-0.2, 0) is 10.0 Å². The normalized spacial score (nSPS) is 11.1. The lowest BCUT2D eigenvalue weighted by molar-refractivity contribution is 0.102. The predicted molar refractivity (Wildman–Crippen MR) is 97.5 cm³/mol. The van der Waals surface area contributed by atoms with Crippen LogP contribution in [0.3, 0.4) is 0 Å². The van der Waals surface area contributed by atoms with Crippen molar-refractivity contribution in [1.82, 2.24) is 4.72 Å². The number of hydrogen-bond donors (Lipinski definition) is 2. The third-order valence-corrected chi connectivity index (χ3v) is 4.85. The van der Waals surface area contributed by atoms with Gasteiger partial charge in [-0.15, -0.1) is 0 Å². The standard InChI is InChI=1S/C18H22N2O4S/c1-3-12-19-25(22,23)17-10-8-15(9-11-17)20-18(21)14-6-5-7-16(13-14)24-4-2/h5-11,13,19H,3-4,12H2,1-2H3,(H,20,21). The number of amides is 1. The van der Waals surface area contributed by atoms with Gasteiger partial charge < -0.3 is 10.1 Å². The van der Waals surface area contributed by atoms with Gasteiger partial charge in [0.2, 0.25) is 10.0 Å². The average Bonchev–Trinajstić information content (AvgIpc) is 2.61. The molecule has 25 heavy (non-hydrogen) atoms. The summed E-state index contributed by atoms with van der Waals surface area (Å²) in [5.41, 5.74) is 0.980. The fraction of sp³-hybridized carbons (Fsp3) is 0.278. The Kier molecular flexibility index (Phi) is 6.55. The minimum atomic E-state index is -3.51. The van der Waals surface area contributed by atoms with E-state index in [9.17, 15) is 13.2 Å². The number of anilines is 1. The smallest absolute Gasteiger partial charge is 0.255 e. The summed E-state index contributed by atoms with van der Waals surface area (Å²) in [6, 6.07) is 12.9. The Morgan fingerprint density at radius 1 is 1.08 bits per heavy atom. The van der Waals surface area contributed by atoms with E-state index >= 15 is 0 Å². The fourth-order valence-electron chi connectivity index (χ4n) is 2.13. The van der Waals surface area contributed by atoms with Gasteiger partial charge in [0, 0.05) is 17.8 Å². The van der Waals surface area contributed by atoms with E-state index in [-0.39, 0.29) is 10.8 Å². The zero-order chi connectivity index (χ0) is 18.3. The number of carbonyl (C=O) groups excluding carboxylic acids is 1. The topological polar surface area (TPSA) is 84.5 Å². The van der Waals surface area contributed by atoms with Crippen LogP contribution in [0.5, 0.6) is 5.75 Å². The van der Waals surface area contributed by atoms with Gasteiger partial charge >= 0.3 is 0 Å². The van der Waals surface area contributed by atoms with Gasteiger partial charge in [0.25, 0.3) is 5.91 Å². The van der Waals surface area contributed by atoms with Crippen molar-refractivity contribution in [3.63, 3.8) is 0 Å². The summed E-state index contributed by atoms with van der Waals surface area (Å²) in [6.07, 6.45) is 0.716. The first-order chi connectivity index (χ1) is 12.0. The summed E-state index contributed by atoms with van der Waals surface area (Å²) in [5, 5.41) is 2.74. The van der Waals surface area contributed by atoms with E-state index < -0.39 is 10.0 Å². The molecule has 0 fully saturated rings. The quantitative estimate of drug-likeness (QED) is 0.756. The minimum absolute atomic E-state index is 0.164. The van der Waals surface area contributed by atoms with Crippen LogP contribution < -0.4 is 14.8 Å². The highest BCUT2D eigenvalue weighted by Crippen LogP contribution is 2.17. The van der Waals surface area contributed by atoms with E-state index in [2.05, 4.69) is 10.0 Å². The Morgan fingerprint density at radius 2 is 1.80 bits per heavy atom. The Hall–Kier alpha value is -2.38. The number of benzene rings is 2. The maximum Gasteiger partial charge on any atom is 0.255 e. The summed E-state index contributed by atoms with van der Waals surface area (Å²) in [6.45, 7) is 4.67. The van der Waals surface area contributed by atoms with Crippen LogP contribution in [0.4, 0.5) is 5.69 Å². The van der Waals surface area contributed by atoms with Crippen molar-refractivity contribution in [1.29, 1.82) is 0 Å². The predicted octanol–water partition coefficient (Wildman–Crippen LogP) is 3.03. The van der Waals surface area contributed by atoms with Crippen LogP contribution in [0.2, 0.25) is 0 Å². The molecule has 2 N–H and O–H groups in total. The van der Waals surface area contributed by atoms with E-state index in [0.717, 1.165) is 0 Å². The number of rotatable bonds is 8. The Balaban J connectivity index is 2.08. The highest BCUT2D eigenvalue weighted by Gasteiger charge is 2.13. The molecule has 0 saturated heterocycles. The third kappa shape index (κ3) is 5.30. The lowest BCUT2D eigenvalue weighted by Gasteiger charge is -2.09. The molecule has 134 valence electrons. The molecule has 0 aliphatic heterocycles. The highest BCUT2D eigenvalue weighted by molar-refractivity contribution is 7.89. The molecule has 0 bridgehead atoms. The van der Waals surface area contributed by atoms with Crippen molar-refractivity contribution >= 4 is 21.6 Å². The van der Waals surface area contributed by atoms with E-state index in [4.69, 9.17) is 4.74 Å². The lowest BCUT2D eigenvalue weighted by atomic mass is 10.2. The van der Waals surface area contributed by atoms with Gasteiger partial charge in [0.1, 0.15) is 5.75 Å². The Labute approximate surface area is 148 Å². The minimum Gasteiger partial charge on any atom is -0.494 e. The van der Waals surface area contributed by atoms with Crippen molar-refractivity contribution in [2.75, 3.05) is 18.5 Å². The first kappa shape index (κ1) is 19.0. The second-order valence-corrected chi connectivity index (χ2v) is 7.10. The van der Waals surface area contributed by atoms with Gasteiger partial charge in [-0.2, -0.15) is 0 Å². The van der Waals surface area contributed by atoms with Gasteiger partial charge in [0.15, 0.2) is 0 Å². The molecule has 6 nitrogen and oxygen atoms in total. The molecule has 0 aliphatic rings. The van der Waals surface area contributed by atoms with Crippen LogP contribution >= 0.6 is 0 Å². The second-order valence-electron chi connectivity index (χ2n) is 5.34. The van der Waals surface area contributed by atoms with E-state index in [0.29, 0.717) is 36.6 Å². The fourth-order valence-corrected chi connectivity index (χ4v) is 3.27. The van der Waals surface area contributed by atoms with Gasteiger partial charge in [-0.25, -0.2) is 13.1 Å². The number of carbonyl (C=O) groups is 1. The van der Waals surface area contributed by atoms with Crippen molar-refractivity contribution < 1.29 is 17.9 Å². The number of sulfonamides is 1. The van der Waals surface area contributed by atoms with Gasteiger partial charge in [-0.05, 0) is 55.8 Å². The molecule has 0 radical (unpaired) electrons. The maximum atomic E-state index is 12.3. The lowest BCUT2D eigenvalue weighted by Crippen LogP contribution is -2.24. The van der Waals surface area contributed by atoms with Crippen molar-refractivity contribution in [3.8, 4) is 5.75 Å². The Morgan fingerprint density at radius 3 is 2.44 bits per heavy atom. The van der Waals surface area contributed by atoms with Crippen LogP contribution in [0.25, 0.3) is 0 Å². The average molecular weight is 362 g/mol. The summed E-state index contributed by atoms with van der Waals surface area (Å²) in [4.78, 5) is 12.5. The van der Waals surface area contributed by atoms with Crippen molar-refractivity contribution in [2.45, 2.75) is 25.2 Å². The summed E-state index contributed by atoms with van der Waals surface area (Å²) in [7, 11) is -3.51. The summed E-state index contributed by atoms with van der Waals surface area (Å²) >= 11 is 0. The zero-order valence-electron chi connectivity index (χ0n) is 14.3. The molecule has 0 aromatic heterocycles. The molecule has 0 atom stereocenters.